The number of fused-ring (bicyclic) bond motifs is 1. The highest BCUT2D eigenvalue weighted by Crippen LogP contribution is 2.27. The van der Waals surface area contributed by atoms with Gasteiger partial charge >= 0.3 is 0 Å². The molecule has 1 aliphatic carbocycles. The van der Waals surface area contributed by atoms with Crippen molar-refractivity contribution in [2.75, 3.05) is 13.2 Å². The molecule has 3 aromatic rings. The van der Waals surface area contributed by atoms with Gasteiger partial charge in [-0.25, -0.2) is 4.68 Å². The van der Waals surface area contributed by atoms with Gasteiger partial charge in [0.05, 0.1) is 25.8 Å². The van der Waals surface area contributed by atoms with E-state index in [1.807, 2.05) is 35.9 Å². The van der Waals surface area contributed by atoms with Crippen LogP contribution < -0.4 is 10.3 Å². The Kier molecular flexibility index (Phi) is 6.68. The summed E-state index contributed by atoms with van der Waals surface area (Å²) in [6.07, 6.45) is 7.01. The highest BCUT2D eigenvalue weighted by atomic mass is 16.5. The van der Waals surface area contributed by atoms with Crippen LogP contribution in [0.3, 0.4) is 0 Å². The maximum absolute atomic E-state index is 12.9. The second-order valence-corrected chi connectivity index (χ2v) is 9.06. The lowest BCUT2D eigenvalue weighted by Gasteiger charge is -2.28. The van der Waals surface area contributed by atoms with Crippen molar-refractivity contribution in [2.45, 2.75) is 77.2 Å². The highest BCUT2D eigenvalue weighted by Gasteiger charge is 2.26. The van der Waals surface area contributed by atoms with Crippen LogP contribution in [0.25, 0.3) is 10.9 Å². The number of pyridine rings is 1. The normalized spacial score (nSPS) is 19.2. The van der Waals surface area contributed by atoms with Crippen molar-refractivity contribution in [1.29, 1.82) is 0 Å². The first kappa shape index (κ1) is 22.0. The molecule has 1 atom stereocenters. The average molecular weight is 453 g/mol. The predicted octanol–water partition coefficient (Wildman–Crippen LogP) is 3.04. The van der Waals surface area contributed by atoms with E-state index in [0.717, 1.165) is 60.3 Å². The summed E-state index contributed by atoms with van der Waals surface area (Å²) in [5, 5.41) is 13.4. The summed E-state index contributed by atoms with van der Waals surface area (Å²) in [5.41, 5.74) is 1.52. The molecule has 1 aliphatic heterocycles. The number of aromatic amines is 1. The Morgan fingerprint density at radius 3 is 2.85 bits per heavy atom. The van der Waals surface area contributed by atoms with E-state index in [9.17, 15) is 4.79 Å². The highest BCUT2D eigenvalue weighted by molar-refractivity contribution is 5.80. The summed E-state index contributed by atoms with van der Waals surface area (Å²) >= 11 is 0. The van der Waals surface area contributed by atoms with E-state index in [1.165, 1.54) is 12.8 Å². The van der Waals surface area contributed by atoms with Crippen LogP contribution >= 0.6 is 0 Å². The molecule has 1 saturated heterocycles. The molecule has 2 aliphatic rings. The molecule has 0 bridgehead atoms. The number of aromatic nitrogens is 5. The van der Waals surface area contributed by atoms with E-state index in [0.29, 0.717) is 32.3 Å². The van der Waals surface area contributed by atoms with Crippen LogP contribution in [-0.2, 0) is 24.4 Å². The number of tetrazole rings is 1. The molecule has 5 rings (SSSR count). The van der Waals surface area contributed by atoms with Gasteiger partial charge in [0.1, 0.15) is 5.75 Å². The van der Waals surface area contributed by atoms with Crippen molar-refractivity contribution in [3.8, 4) is 5.75 Å². The summed E-state index contributed by atoms with van der Waals surface area (Å²) in [5.74, 6) is 1.64. The molecule has 176 valence electrons. The van der Waals surface area contributed by atoms with Gasteiger partial charge in [-0.3, -0.25) is 9.69 Å². The van der Waals surface area contributed by atoms with Crippen molar-refractivity contribution >= 4 is 10.9 Å². The van der Waals surface area contributed by atoms with Gasteiger partial charge in [0.15, 0.2) is 5.82 Å². The number of rotatable bonds is 9. The zero-order valence-corrected chi connectivity index (χ0v) is 19.2. The van der Waals surface area contributed by atoms with Crippen molar-refractivity contribution in [2.24, 2.45) is 0 Å². The van der Waals surface area contributed by atoms with Gasteiger partial charge < -0.3 is 14.5 Å². The van der Waals surface area contributed by atoms with E-state index in [-0.39, 0.29) is 11.7 Å². The molecule has 1 unspecified atom stereocenters. The van der Waals surface area contributed by atoms with Crippen molar-refractivity contribution in [3.05, 3.63) is 46.0 Å². The third-order valence-electron chi connectivity index (χ3n) is 6.77. The Labute approximate surface area is 193 Å². The Balaban J connectivity index is 1.39. The SMILES string of the molecule is CCOc1ccc2[nH]c(=O)c(CN(Cc3nnnn3CC3CCCO3)C3CCCC3)cc2c1. The van der Waals surface area contributed by atoms with Gasteiger partial charge in [0.25, 0.3) is 5.56 Å². The summed E-state index contributed by atoms with van der Waals surface area (Å²) in [6, 6.07) is 8.19. The molecule has 2 fully saturated rings. The van der Waals surface area contributed by atoms with Crippen molar-refractivity contribution in [1.82, 2.24) is 30.1 Å². The lowest BCUT2D eigenvalue weighted by atomic mass is 10.1. The molecular weight excluding hydrogens is 420 g/mol. The monoisotopic (exact) mass is 452 g/mol. The summed E-state index contributed by atoms with van der Waals surface area (Å²) in [6.45, 7) is 5.23. The second-order valence-electron chi connectivity index (χ2n) is 9.06. The Hall–Kier alpha value is -2.78. The van der Waals surface area contributed by atoms with Crippen molar-refractivity contribution < 1.29 is 9.47 Å². The third-order valence-corrected chi connectivity index (χ3v) is 6.77. The maximum atomic E-state index is 12.9. The molecule has 3 heterocycles. The first-order valence-corrected chi connectivity index (χ1v) is 12.1. The van der Waals surface area contributed by atoms with Gasteiger partial charge in [0.2, 0.25) is 0 Å². The van der Waals surface area contributed by atoms with Gasteiger partial charge in [-0.05, 0) is 67.3 Å². The molecule has 1 aromatic carbocycles. The zero-order valence-electron chi connectivity index (χ0n) is 19.2. The first-order chi connectivity index (χ1) is 16.2. The molecule has 9 heteroatoms. The summed E-state index contributed by atoms with van der Waals surface area (Å²) in [4.78, 5) is 18.3. The third kappa shape index (κ3) is 5.09. The van der Waals surface area contributed by atoms with Crippen LogP contribution in [0.15, 0.2) is 29.1 Å². The van der Waals surface area contributed by atoms with E-state index in [4.69, 9.17) is 9.47 Å². The second kappa shape index (κ2) is 10.0. The molecule has 2 aromatic heterocycles. The minimum atomic E-state index is -0.0476. The van der Waals surface area contributed by atoms with Crippen LogP contribution in [0, 0.1) is 0 Å². The zero-order chi connectivity index (χ0) is 22.6. The van der Waals surface area contributed by atoms with Gasteiger partial charge in [-0.15, -0.1) is 5.10 Å². The Bertz CT molecular complexity index is 1130. The summed E-state index contributed by atoms with van der Waals surface area (Å²) in [7, 11) is 0. The lowest BCUT2D eigenvalue weighted by Crippen LogP contribution is -2.35. The Morgan fingerprint density at radius 2 is 2.06 bits per heavy atom. The molecule has 0 radical (unpaired) electrons. The van der Waals surface area contributed by atoms with Crippen LogP contribution in [-0.4, -0.2) is 55.5 Å². The number of hydrogen-bond acceptors (Lipinski definition) is 7. The topological polar surface area (TPSA) is 98.2 Å². The Morgan fingerprint density at radius 1 is 1.18 bits per heavy atom. The molecule has 9 nitrogen and oxygen atoms in total. The number of benzene rings is 1. The summed E-state index contributed by atoms with van der Waals surface area (Å²) < 4.78 is 13.3. The number of ether oxygens (including phenoxy) is 2. The predicted molar refractivity (Wildman–Crippen MR) is 124 cm³/mol. The van der Waals surface area contributed by atoms with Crippen molar-refractivity contribution in [3.63, 3.8) is 0 Å². The maximum Gasteiger partial charge on any atom is 0.252 e. The number of hydrogen-bond donors (Lipinski definition) is 1. The fourth-order valence-corrected chi connectivity index (χ4v) is 5.05. The quantitative estimate of drug-likeness (QED) is 0.533. The average Bonchev–Trinajstić information content (AvgIpc) is 3.58. The minimum absolute atomic E-state index is 0.0476. The van der Waals surface area contributed by atoms with Crippen LogP contribution in [0.4, 0.5) is 0 Å². The van der Waals surface area contributed by atoms with Gasteiger partial charge in [-0.2, -0.15) is 0 Å². The molecule has 0 amide bonds. The molecule has 33 heavy (non-hydrogen) atoms. The number of H-pyrrole nitrogens is 1. The molecule has 1 saturated carbocycles. The fraction of sp³-hybridized carbons (Fsp3) is 0.583. The number of nitrogens with one attached hydrogen (secondary N) is 1. The fourth-order valence-electron chi connectivity index (χ4n) is 5.05. The van der Waals surface area contributed by atoms with E-state index < -0.39 is 0 Å². The van der Waals surface area contributed by atoms with Crippen LogP contribution in [0.2, 0.25) is 0 Å². The standard InChI is InChI=1S/C24H32N6O3/c1-2-32-20-9-10-22-17(13-20)12-18(24(31)25-22)14-29(19-6-3-4-7-19)16-23-26-27-28-30(23)15-21-8-5-11-33-21/h9-10,12-13,19,21H,2-8,11,14-16H2,1H3,(H,25,31). The van der Waals surface area contributed by atoms with Crippen LogP contribution in [0.5, 0.6) is 5.75 Å². The lowest BCUT2D eigenvalue weighted by molar-refractivity contribution is 0.0906. The largest absolute Gasteiger partial charge is 0.494 e. The van der Waals surface area contributed by atoms with Gasteiger partial charge in [0, 0.05) is 35.7 Å². The number of nitrogens with zero attached hydrogens (tertiary/aromatic N) is 5. The molecular formula is C24H32N6O3. The molecule has 1 N–H and O–H groups in total. The molecule has 0 spiro atoms. The van der Waals surface area contributed by atoms with Crippen LogP contribution in [0.1, 0.15) is 56.8 Å². The van der Waals surface area contributed by atoms with E-state index >= 15 is 0 Å². The van der Waals surface area contributed by atoms with E-state index in [1.54, 1.807) is 0 Å². The minimum Gasteiger partial charge on any atom is -0.494 e. The first-order valence-electron chi connectivity index (χ1n) is 12.1. The van der Waals surface area contributed by atoms with E-state index in [2.05, 4.69) is 25.4 Å². The smallest absolute Gasteiger partial charge is 0.252 e. The van der Waals surface area contributed by atoms with Gasteiger partial charge in [-0.1, -0.05) is 12.8 Å².